The van der Waals surface area contributed by atoms with Gasteiger partial charge in [-0.2, -0.15) is 0 Å². The molecule has 0 amide bonds. The molecule has 6 heteroatoms. The van der Waals surface area contributed by atoms with Gasteiger partial charge in [-0.25, -0.2) is 0 Å². The van der Waals surface area contributed by atoms with Crippen LogP contribution in [0.25, 0.3) is 0 Å². The molecular weight excluding hydrogens is 262 g/mol. The second kappa shape index (κ2) is 6.14. The highest BCUT2D eigenvalue weighted by Gasteiger charge is 2.13. The lowest BCUT2D eigenvalue weighted by Crippen LogP contribution is -1.96. The molecule has 0 fully saturated rings. The molecule has 0 aliphatic carbocycles. The van der Waals surface area contributed by atoms with Gasteiger partial charge in [0.1, 0.15) is 11.5 Å². The van der Waals surface area contributed by atoms with E-state index in [1.165, 1.54) is 18.2 Å². The molecule has 104 valence electrons. The first kappa shape index (κ1) is 14.0. The number of ether oxygens (including phenoxy) is 1. The van der Waals surface area contributed by atoms with Crippen molar-refractivity contribution in [3.05, 3.63) is 63.7 Å². The predicted octanol–water partition coefficient (Wildman–Crippen LogP) is 2.37. The van der Waals surface area contributed by atoms with Crippen LogP contribution < -0.4 is 4.74 Å². The zero-order valence-electron chi connectivity index (χ0n) is 10.5. The van der Waals surface area contributed by atoms with E-state index in [4.69, 9.17) is 14.9 Å². The topological polar surface area (TPSA) is 92.8 Å². The van der Waals surface area contributed by atoms with Crippen molar-refractivity contribution in [2.75, 3.05) is 0 Å². The van der Waals surface area contributed by atoms with Gasteiger partial charge in [-0.3, -0.25) is 10.1 Å². The largest absolute Gasteiger partial charge is 0.457 e. The number of hydrogen-bond acceptors (Lipinski definition) is 5. The van der Waals surface area contributed by atoms with Crippen LogP contribution in [0.4, 0.5) is 5.69 Å². The van der Waals surface area contributed by atoms with E-state index in [-0.39, 0.29) is 17.9 Å². The molecule has 2 aromatic carbocycles. The molecule has 0 aromatic heterocycles. The van der Waals surface area contributed by atoms with Gasteiger partial charge in [0.2, 0.25) is 0 Å². The van der Waals surface area contributed by atoms with E-state index in [1.54, 1.807) is 24.3 Å². The minimum absolute atomic E-state index is 0.0491. The second-order valence-corrected chi connectivity index (χ2v) is 4.11. The van der Waals surface area contributed by atoms with Crippen LogP contribution in [0.5, 0.6) is 11.5 Å². The van der Waals surface area contributed by atoms with E-state index in [9.17, 15) is 10.1 Å². The smallest absolute Gasteiger partial charge is 0.275 e. The number of nitro groups is 1. The third-order valence-electron chi connectivity index (χ3n) is 2.76. The molecule has 6 nitrogen and oxygen atoms in total. The molecule has 0 aliphatic heterocycles. The van der Waals surface area contributed by atoms with Crippen LogP contribution in [0.1, 0.15) is 11.1 Å². The van der Waals surface area contributed by atoms with Gasteiger partial charge in [0, 0.05) is 6.07 Å². The van der Waals surface area contributed by atoms with E-state index in [1.807, 2.05) is 0 Å². The molecule has 0 saturated heterocycles. The quantitative estimate of drug-likeness (QED) is 0.645. The summed E-state index contributed by atoms with van der Waals surface area (Å²) in [4.78, 5) is 10.2. The van der Waals surface area contributed by atoms with Crippen LogP contribution >= 0.6 is 0 Å². The number of nitro benzene ring substituents is 1. The van der Waals surface area contributed by atoms with Gasteiger partial charge >= 0.3 is 0 Å². The van der Waals surface area contributed by atoms with Gasteiger partial charge in [-0.15, -0.1) is 0 Å². The number of aliphatic hydroxyl groups excluding tert-OH is 2. The van der Waals surface area contributed by atoms with E-state index >= 15 is 0 Å². The molecule has 0 saturated carbocycles. The third kappa shape index (κ3) is 3.11. The summed E-state index contributed by atoms with van der Waals surface area (Å²) in [6.07, 6.45) is 0. The van der Waals surface area contributed by atoms with Gasteiger partial charge in [-0.05, 0) is 29.8 Å². The standard InChI is InChI=1S/C14H13NO5/c16-8-10-1-3-12(4-2-10)20-13-5-6-14(15(18)19)11(7-13)9-17/h1-7,16-17H,8-9H2. The first-order valence-electron chi connectivity index (χ1n) is 5.90. The average Bonchev–Trinajstić information content (AvgIpc) is 2.47. The monoisotopic (exact) mass is 275 g/mol. The maximum absolute atomic E-state index is 10.8. The summed E-state index contributed by atoms with van der Waals surface area (Å²) in [5, 5.41) is 28.8. The number of rotatable bonds is 5. The van der Waals surface area contributed by atoms with Gasteiger partial charge in [0.25, 0.3) is 5.69 Å². The fourth-order valence-electron chi connectivity index (χ4n) is 1.73. The summed E-state index contributed by atoms with van der Waals surface area (Å²) in [6.45, 7) is -0.483. The van der Waals surface area contributed by atoms with E-state index in [2.05, 4.69) is 0 Å². The van der Waals surface area contributed by atoms with Crippen LogP contribution in [0.15, 0.2) is 42.5 Å². The summed E-state index contributed by atoms with van der Waals surface area (Å²) in [5.41, 5.74) is 0.812. The Morgan fingerprint density at radius 2 is 1.65 bits per heavy atom. The molecule has 2 aromatic rings. The summed E-state index contributed by atoms with van der Waals surface area (Å²) in [6, 6.07) is 11.0. The maximum Gasteiger partial charge on any atom is 0.275 e. The van der Waals surface area contributed by atoms with Crippen LogP contribution in [-0.2, 0) is 13.2 Å². The van der Waals surface area contributed by atoms with E-state index < -0.39 is 11.5 Å². The van der Waals surface area contributed by atoms with Crippen LogP contribution in [-0.4, -0.2) is 15.1 Å². The average molecular weight is 275 g/mol. The SMILES string of the molecule is O=[N+]([O-])c1ccc(Oc2ccc(CO)cc2)cc1CO. The Morgan fingerprint density at radius 1 is 1.00 bits per heavy atom. The molecular formula is C14H13NO5. The highest BCUT2D eigenvalue weighted by molar-refractivity contribution is 5.46. The molecule has 0 unspecified atom stereocenters. The van der Waals surface area contributed by atoms with Crippen LogP contribution in [0, 0.1) is 10.1 Å². The molecule has 0 bridgehead atoms. The van der Waals surface area contributed by atoms with Gasteiger partial charge in [0.05, 0.1) is 23.7 Å². The molecule has 20 heavy (non-hydrogen) atoms. The number of benzene rings is 2. The fraction of sp³-hybridized carbons (Fsp3) is 0.143. The maximum atomic E-state index is 10.8. The highest BCUT2D eigenvalue weighted by atomic mass is 16.6. The number of nitrogens with zero attached hydrogens (tertiary/aromatic N) is 1. The summed E-state index contributed by atoms with van der Waals surface area (Å²) >= 11 is 0. The highest BCUT2D eigenvalue weighted by Crippen LogP contribution is 2.27. The summed E-state index contributed by atoms with van der Waals surface area (Å²) in [7, 11) is 0. The van der Waals surface area contributed by atoms with Gasteiger partial charge in [-0.1, -0.05) is 12.1 Å². The Labute approximate surface area is 115 Å². The minimum Gasteiger partial charge on any atom is -0.457 e. The molecule has 2 rings (SSSR count). The van der Waals surface area contributed by atoms with Crippen molar-refractivity contribution in [3.63, 3.8) is 0 Å². The Hall–Kier alpha value is -2.44. The van der Waals surface area contributed by atoms with E-state index in [0.29, 0.717) is 11.5 Å². The van der Waals surface area contributed by atoms with Crippen LogP contribution in [0.3, 0.4) is 0 Å². The Morgan fingerprint density at radius 3 is 2.20 bits per heavy atom. The lowest BCUT2D eigenvalue weighted by molar-refractivity contribution is -0.385. The molecule has 0 aliphatic rings. The fourth-order valence-corrected chi connectivity index (χ4v) is 1.73. The molecule has 0 spiro atoms. The van der Waals surface area contributed by atoms with Crippen molar-refractivity contribution in [1.29, 1.82) is 0 Å². The predicted molar refractivity (Wildman–Crippen MR) is 71.5 cm³/mol. The Kier molecular flexibility index (Phi) is 4.29. The van der Waals surface area contributed by atoms with Crippen molar-refractivity contribution in [1.82, 2.24) is 0 Å². The first-order chi connectivity index (χ1) is 9.63. The van der Waals surface area contributed by atoms with Crippen molar-refractivity contribution >= 4 is 5.69 Å². The van der Waals surface area contributed by atoms with Gasteiger partial charge < -0.3 is 14.9 Å². The minimum atomic E-state index is -0.550. The van der Waals surface area contributed by atoms with Crippen molar-refractivity contribution in [2.24, 2.45) is 0 Å². The number of hydrogen-bond donors (Lipinski definition) is 2. The first-order valence-corrected chi connectivity index (χ1v) is 5.90. The molecule has 0 atom stereocenters. The summed E-state index contributed by atoms with van der Waals surface area (Å²) < 4.78 is 5.54. The van der Waals surface area contributed by atoms with Crippen molar-refractivity contribution < 1.29 is 19.9 Å². The Balaban J connectivity index is 2.22. The van der Waals surface area contributed by atoms with Crippen molar-refractivity contribution in [2.45, 2.75) is 13.2 Å². The third-order valence-corrected chi connectivity index (χ3v) is 2.76. The van der Waals surface area contributed by atoms with Gasteiger partial charge in [0.15, 0.2) is 0 Å². The zero-order chi connectivity index (χ0) is 14.5. The lowest BCUT2D eigenvalue weighted by Gasteiger charge is -2.08. The Bertz CT molecular complexity index is 609. The molecule has 0 radical (unpaired) electrons. The molecule has 2 N–H and O–H groups in total. The lowest BCUT2D eigenvalue weighted by atomic mass is 10.2. The molecule has 0 heterocycles. The zero-order valence-corrected chi connectivity index (χ0v) is 10.5. The normalized spacial score (nSPS) is 10.3. The van der Waals surface area contributed by atoms with E-state index in [0.717, 1.165) is 5.56 Å². The van der Waals surface area contributed by atoms with Crippen molar-refractivity contribution in [3.8, 4) is 11.5 Å². The second-order valence-electron chi connectivity index (χ2n) is 4.11. The number of aliphatic hydroxyl groups is 2. The summed E-state index contributed by atoms with van der Waals surface area (Å²) in [5.74, 6) is 0.941. The van der Waals surface area contributed by atoms with Crippen LogP contribution in [0.2, 0.25) is 0 Å².